The maximum absolute atomic E-state index is 5.97. The van der Waals surface area contributed by atoms with Crippen LogP contribution in [0.2, 0.25) is 5.15 Å². The molecular formula is C13H12Br2ClNO3. The summed E-state index contributed by atoms with van der Waals surface area (Å²) < 4.78 is 17.7. The van der Waals surface area contributed by atoms with Crippen molar-refractivity contribution in [3.05, 3.63) is 32.3 Å². The number of hydrogen-bond acceptors (Lipinski definition) is 4. The molecule has 20 heavy (non-hydrogen) atoms. The van der Waals surface area contributed by atoms with Gasteiger partial charge in [-0.1, -0.05) is 27.5 Å². The van der Waals surface area contributed by atoms with Crippen molar-refractivity contribution in [2.24, 2.45) is 0 Å². The zero-order valence-electron chi connectivity index (χ0n) is 10.8. The highest BCUT2D eigenvalue weighted by atomic mass is 79.9. The number of hydrogen-bond donors (Lipinski definition) is 0. The van der Waals surface area contributed by atoms with Crippen LogP contribution in [0.3, 0.4) is 0 Å². The van der Waals surface area contributed by atoms with Crippen molar-refractivity contribution in [3.63, 3.8) is 0 Å². The second kappa shape index (κ2) is 7.04. The van der Waals surface area contributed by atoms with Crippen molar-refractivity contribution in [1.29, 1.82) is 0 Å². The Kier molecular flexibility index (Phi) is 5.63. The molecule has 0 amide bonds. The molecule has 0 fully saturated rings. The van der Waals surface area contributed by atoms with E-state index in [-0.39, 0.29) is 6.61 Å². The van der Waals surface area contributed by atoms with Crippen LogP contribution in [0.15, 0.2) is 27.1 Å². The highest BCUT2D eigenvalue weighted by Gasteiger charge is 2.15. The minimum atomic E-state index is -0.445. The standard InChI is InChI=1S/C13H12Br2ClNO3/c1-18-11(19-2)6-20-13-9(15)5-8(14)7-3-4-10(16)17-12(7)13/h3-5,11H,6H2,1-2H3. The van der Waals surface area contributed by atoms with Gasteiger partial charge in [0.05, 0.1) is 4.47 Å². The van der Waals surface area contributed by atoms with Crippen molar-refractivity contribution in [3.8, 4) is 5.75 Å². The summed E-state index contributed by atoms with van der Waals surface area (Å²) in [6, 6.07) is 5.53. The van der Waals surface area contributed by atoms with Gasteiger partial charge in [0.2, 0.25) is 0 Å². The van der Waals surface area contributed by atoms with Crippen molar-refractivity contribution in [2.45, 2.75) is 6.29 Å². The molecule has 0 aliphatic rings. The SMILES string of the molecule is COC(COc1c(Br)cc(Br)c2ccc(Cl)nc12)OC. The molecular weight excluding hydrogens is 413 g/mol. The molecule has 0 aliphatic carbocycles. The van der Waals surface area contributed by atoms with Gasteiger partial charge in [0.25, 0.3) is 0 Å². The highest BCUT2D eigenvalue weighted by Crippen LogP contribution is 2.38. The Labute approximate surface area is 138 Å². The van der Waals surface area contributed by atoms with Crippen LogP contribution in [0, 0.1) is 0 Å². The molecule has 0 bridgehead atoms. The fourth-order valence-corrected chi connectivity index (χ4v) is 3.22. The first-order valence-corrected chi connectivity index (χ1v) is 7.66. The topological polar surface area (TPSA) is 40.6 Å². The maximum atomic E-state index is 5.97. The number of rotatable bonds is 5. The Bertz CT molecular complexity index is 620. The maximum Gasteiger partial charge on any atom is 0.191 e. The monoisotopic (exact) mass is 423 g/mol. The average Bonchev–Trinajstić information content (AvgIpc) is 2.42. The molecule has 0 N–H and O–H groups in total. The van der Waals surface area contributed by atoms with E-state index in [1.165, 1.54) is 0 Å². The lowest BCUT2D eigenvalue weighted by Crippen LogP contribution is -2.22. The number of aromatic nitrogens is 1. The van der Waals surface area contributed by atoms with Gasteiger partial charge >= 0.3 is 0 Å². The third-order valence-electron chi connectivity index (χ3n) is 2.69. The number of ether oxygens (including phenoxy) is 3. The Hall–Kier alpha value is -0.400. The van der Waals surface area contributed by atoms with E-state index < -0.39 is 6.29 Å². The third-order valence-corrected chi connectivity index (χ3v) is 4.15. The molecule has 0 saturated carbocycles. The number of halogens is 3. The molecule has 2 aromatic rings. The molecule has 0 atom stereocenters. The summed E-state index contributed by atoms with van der Waals surface area (Å²) >= 11 is 12.9. The molecule has 4 nitrogen and oxygen atoms in total. The third kappa shape index (κ3) is 3.43. The first-order valence-electron chi connectivity index (χ1n) is 5.69. The van der Waals surface area contributed by atoms with E-state index in [0.29, 0.717) is 16.4 Å². The van der Waals surface area contributed by atoms with E-state index in [1.54, 1.807) is 20.3 Å². The molecule has 1 aromatic carbocycles. The van der Waals surface area contributed by atoms with Gasteiger partial charge < -0.3 is 14.2 Å². The van der Waals surface area contributed by atoms with Gasteiger partial charge in [-0.05, 0) is 34.1 Å². The van der Waals surface area contributed by atoms with E-state index in [0.717, 1.165) is 14.3 Å². The minimum Gasteiger partial charge on any atom is -0.485 e. The summed E-state index contributed by atoms with van der Waals surface area (Å²) in [5, 5.41) is 1.32. The second-order valence-electron chi connectivity index (χ2n) is 3.91. The summed E-state index contributed by atoms with van der Waals surface area (Å²) in [7, 11) is 3.11. The molecule has 0 spiro atoms. The van der Waals surface area contributed by atoms with E-state index in [2.05, 4.69) is 36.8 Å². The summed E-state index contributed by atoms with van der Waals surface area (Å²) in [6.45, 7) is 0.247. The van der Waals surface area contributed by atoms with Gasteiger partial charge in [-0.15, -0.1) is 0 Å². The first-order chi connectivity index (χ1) is 9.56. The fourth-order valence-electron chi connectivity index (χ4n) is 1.69. The normalized spacial score (nSPS) is 11.3. The van der Waals surface area contributed by atoms with Gasteiger partial charge in [-0.3, -0.25) is 0 Å². The first kappa shape index (κ1) is 16.0. The van der Waals surface area contributed by atoms with Crippen molar-refractivity contribution in [2.75, 3.05) is 20.8 Å². The predicted octanol–water partition coefficient (Wildman–Crippen LogP) is 4.41. The second-order valence-corrected chi connectivity index (χ2v) is 6.01. The quantitative estimate of drug-likeness (QED) is 0.526. The number of fused-ring (bicyclic) bond motifs is 1. The molecule has 108 valence electrons. The summed E-state index contributed by atoms with van der Waals surface area (Å²) in [5.74, 6) is 0.602. The number of pyridine rings is 1. The summed E-state index contributed by atoms with van der Waals surface area (Å²) in [5.41, 5.74) is 0.671. The zero-order valence-corrected chi connectivity index (χ0v) is 14.8. The lowest BCUT2D eigenvalue weighted by Gasteiger charge is -2.16. The van der Waals surface area contributed by atoms with Crippen molar-refractivity contribution < 1.29 is 14.2 Å². The van der Waals surface area contributed by atoms with Crippen LogP contribution in [0.4, 0.5) is 0 Å². The molecule has 1 aromatic heterocycles. The van der Waals surface area contributed by atoms with Gasteiger partial charge in [-0.25, -0.2) is 4.98 Å². The molecule has 1 heterocycles. The van der Waals surface area contributed by atoms with Crippen molar-refractivity contribution >= 4 is 54.4 Å². The van der Waals surface area contributed by atoms with E-state index in [1.807, 2.05) is 12.1 Å². The van der Waals surface area contributed by atoms with Crippen LogP contribution in [0.5, 0.6) is 5.75 Å². The van der Waals surface area contributed by atoms with Crippen LogP contribution in [0.25, 0.3) is 10.9 Å². The van der Waals surface area contributed by atoms with Crippen LogP contribution in [-0.4, -0.2) is 32.1 Å². The van der Waals surface area contributed by atoms with E-state index in [9.17, 15) is 0 Å². The largest absolute Gasteiger partial charge is 0.485 e. The van der Waals surface area contributed by atoms with Crippen LogP contribution >= 0.6 is 43.5 Å². The smallest absolute Gasteiger partial charge is 0.191 e. The van der Waals surface area contributed by atoms with Crippen molar-refractivity contribution in [1.82, 2.24) is 4.98 Å². The Morgan fingerprint density at radius 2 is 1.90 bits per heavy atom. The molecule has 2 rings (SSSR count). The Balaban J connectivity index is 2.43. The fraction of sp³-hybridized carbons (Fsp3) is 0.308. The van der Waals surface area contributed by atoms with Gasteiger partial charge in [-0.2, -0.15) is 0 Å². The number of nitrogens with zero attached hydrogens (tertiary/aromatic N) is 1. The predicted molar refractivity (Wildman–Crippen MR) is 85.5 cm³/mol. The zero-order chi connectivity index (χ0) is 14.7. The Morgan fingerprint density at radius 1 is 1.20 bits per heavy atom. The lowest BCUT2D eigenvalue weighted by molar-refractivity contribution is -0.121. The van der Waals surface area contributed by atoms with Crippen LogP contribution in [-0.2, 0) is 9.47 Å². The highest BCUT2D eigenvalue weighted by molar-refractivity contribution is 9.11. The van der Waals surface area contributed by atoms with Gasteiger partial charge in [0.1, 0.15) is 17.3 Å². The number of methoxy groups -OCH3 is 2. The minimum absolute atomic E-state index is 0.247. The molecule has 7 heteroatoms. The van der Waals surface area contributed by atoms with E-state index >= 15 is 0 Å². The molecule has 0 radical (unpaired) electrons. The molecule has 0 saturated heterocycles. The Morgan fingerprint density at radius 3 is 2.55 bits per heavy atom. The summed E-state index contributed by atoms with van der Waals surface area (Å²) in [4.78, 5) is 4.33. The average molecular weight is 426 g/mol. The number of benzene rings is 1. The van der Waals surface area contributed by atoms with Gasteiger partial charge in [0, 0.05) is 24.1 Å². The van der Waals surface area contributed by atoms with Gasteiger partial charge in [0.15, 0.2) is 12.0 Å². The van der Waals surface area contributed by atoms with E-state index in [4.69, 9.17) is 25.8 Å². The van der Waals surface area contributed by atoms with Crippen LogP contribution in [0.1, 0.15) is 0 Å². The lowest BCUT2D eigenvalue weighted by atomic mass is 10.2. The van der Waals surface area contributed by atoms with Crippen LogP contribution < -0.4 is 4.74 Å². The molecule has 0 aliphatic heterocycles. The summed E-state index contributed by atoms with van der Waals surface area (Å²) in [6.07, 6.45) is -0.445. The molecule has 0 unspecified atom stereocenters.